The molecule has 1 aromatic heterocycles. The molecular formula is C27H30FN5O2S. The fourth-order valence-corrected chi connectivity index (χ4v) is 5.33. The molecule has 2 amide bonds. The summed E-state index contributed by atoms with van der Waals surface area (Å²) >= 11 is 5.64. The molecule has 2 aliphatic rings. The van der Waals surface area contributed by atoms with E-state index in [1.165, 1.54) is 30.4 Å². The van der Waals surface area contributed by atoms with Gasteiger partial charge in [0, 0.05) is 25.2 Å². The fourth-order valence-electron chi connectivity index (χ4n) is 4.81. The molecule has 0 unspecified atom stereocenters. The Bertz CT molecular complexity index is 1230. The van der Waals surface area contributed by atoms with E-state index in [0.717, 1.165) is 38.0 Å². The number of piperidine rings is 1. The van der Waals surface area contributed by atoms with Crippen molar-refractivity contribution in [2.24, 2.45) is 0 Å². The molecule has 188 valence electrons. The average Bonchev–Trinajstić information content (AvgIpc) is 3.05. The highest BCUT2D eigenvalue weighted by atomic mass is 32.1. The van der Waals surface area contributed by atoms with Crippen molar-refractivity contribution in [1.29, 1.82) is 0 Å². The second-order valence-electron chi connectivity index (χ2n) is 9.77. The molecule has 36 heavy (non-hydrogen) atoms. The number of hydrogen-bond donors (Lipinski definition) is 0. The second-order valence-corrected chi connectivity index (χ2v) is 10.1. The molecule has 0 saturated carbocycles. The summed E-state index contributed by atoms with van der Waals surface area (Å²) in [6, 6.07) is 6.65. The van der Waals surface area contributed by atoms with Gasteiger partial charge < -0.3 is 9.80 Å². The Labute approximate surface area is 216 Å². The van der Waals surface area contributed by atoms with Crippen molar-refractivity contribution in [3.05, 3.63) is 59.0 Å². The maximum absolute atomic E-state index is 15.1. The molecule has 2 fully saturated rings. The van der Waals surface area contributed by atoms with Crippen LogP contribution in [0.3, 0.4) is 0 Å². The average molecular weight is 508 g/mol. The molecule has 3 heterocycles. The van der Waals surface area contributed by atoms with E-state index in [0.29, 0.717) is 18.5 Å². The van der Waals surface area contributed by atoms with E-state index in [-0.39, 0.29) is 33.9 Å². The number of carbonyl (C=O) groups excluding carboxylic acids is 2. The van der Waals surface area contributed by atoms with E-state index in [1.807, 2.05) is 17.0 Å². The summed E-state index contributed by atoms with van der Waals surface area (Å²) < 4.78 is 15.1. The van der Waals surface area contributed by atoms with Gasteiger partial charge in [0.05, 0.1) is 24.1 Å². The van der Waals surface area contributed by atoms with Gasteiger partial charge in [0.1, 0.15) is 11.4 Å². The van der Waals surface area contributed by atoms with Crippen LogP contribution in [0.15, 0.2) is 30.5 Å². The topological polar surface area (TPSA) is 61.1 Å². The molecule has 2 aliphatic heterocycles. The molecule has 0 bridgehead atoms. The Morgan fingerprint density at radius 1 is 1.19 bits per heavy atom. The van der Waals surface area contributed by atoms with Gasteiger partial charge in [0.15, 0.2) is 10.8 Å². The van der Waals surface area contributed by atoms with Gasteiger partial charge in [-0.1, -0.05) is 6.07 Å². The van der Waals surface area contributed by atoms with Crippen LogP contribution in [0, 0.1) is 19.3 Å². The van der Waals surface area contributed by atoms with E-state index in [2.05, 4.69) is 9.83 Å². The van der Waals surface area contributed by atoms with Crippen LogP contribution in [-0.4, -0.2) is 45.4 Å². The SMILES string of the molecule is [C-]#[N+]c1ccc(N2C(=O)C(C)(C)N(c3ccc(CCCC(=O)N4CCCCC4)nc3)C2=S)c(F)c1C. The smallest absolute Gasteiger partial charge is 0.259 e. The number of amides is 2. The van der Waals surface area contributed by atoms with E-state index < -0.39 is 11.4 Å². The Hall–Kier alpha value is -3.38. The Morgan fingerprint density at radius 3 is 2.56 bits per heavy atom. The first-order valence-corrected chi connectivity index (χ1v) is 12.7. The maximum atomic E-state index is 15.1. The molecule has 2 aromatic rings. The predicted molar refractivity (Wildman–Crippen MR) is 142 cm³/mol. The number of likely N-dealkylation sites (tertiary alicyclic amines) is 1. The van der Waals surface area contributed by atoms with Crippen LogP contribution in [-0.2, 0) is 16.0 Å². The molecule has 7 nitrogen and oxygen atoms in total. The van der Waals surface area contributed by atoms with E-state index in [9.17, 15) is 9.59 Å². The lowest BCUT2D eigenvalue weighted by molar-refractivity contribution is -0.132. The molecular weight excluding hydrogens is 477 g/mol. The number of benzene rings is 1. The van der Waals surface area contributed by atoms with Gasteiger partial charge in [-0.05, 0) is 88.9 Å². The summed E-state index contributed by atoms with van der Waals surface area (Å²) in [4.78, 5) is 38.5. The van der Waals surface area contributed by atoms with Crippen LogP contribution in [0.4, 0.5) is 21.5 Å². The third-order valence-electron chi connectivity index (χ3n) is 6.97. The first-order chi connectivity index (χ1) is 17.2. The summed E-state index contributed by atoms with van der Waals surface area (Å²) in [5.74, 6) is -0.785. The second kappa shape index (κ2) is 10.3. The summed E-state index contributed by atoms with van der Waals surface area (Å²) in [5.41, 5.74) is 0.839. The van der Waals surface area contributed by atoms with Crippen LogP contribution in [0.2, 0.25) is 0 Å². The fraction of sp³-hybridized carbons (Fsp3) is 0.444. The number of thiocarbonyl (C=S) groups is 1. The standard InChI is InChI=1S/C27H30FN5O2S/c1-18-21(29-4)13-14-22(24(18)28)32-25(35)27(2,3)33(26(32)36)20-12-11-19(30-17-20)9-8-10-23(34)31-15-6-5-7-16-31/h11-14,17H,5-10,15-16H2,1-3H3. The summed E-state index contributed by atoms with van der Waals surface area (Å²) in [6.07, 6.45) is 6.94. The van der Waals surface area contributed by atoms with Crippen molar-refractivity contribution in [1.82, 2.24) is 9.88 Å². The molecule has 9 heteroatoms. The third-order valence-corrected chi connectivity index (χ3v) is 7.33. The van der Waals surface area contributed by atoms with Crippen molar-refractivity contribution < 1.29 is 14.0 Å². The first-order valence-electron chi connectivity index (χ1n) is 12.2. The van der Waals surface area contributed by atoms with E-state index >= 15 is 4.39 Å². The molecule has 0 aliphatic carbocycles. The van der Waals surface area contributed by atoms with Crippen molar-refractivity contribution in [3.63, 3.8) is 0 Å². The number of nitrogens with zero attached hydrogens (tertiary/aromatic N) is 5. The van der Waals surface area contributed by atoms with Gasteiger partial charge in [-0.15, -0.1) is 0 Å². The maximum Gasteiger partial charge on any atom is 0.259 e. The Balaban J connectivity index is 1.47. The van der Waals surface area contributed by atoms with Crippen molar-refractivity contribution in [3.8, 4) is 0 Å². The number of aromatic nitrogens is 1. The molecule has 0 atom stereocenters. The van der Waals surface area contributed by atoms with Crippen molar-refractivity contribution >= 4 is 46.2 Å². The predicted octanol–water partition coefficient (Wildman–Crippen LogP) is 5.33. The van der Waals surface area contributed by atoms with E-state index in [1.54, 1.807) is 24.9 Å². The van der Waals surface area contributed by atoms with Gasteiger partial charge >= 0.3 is 0 Å². The Morgan fingerprint density at radius 2 is 1.92 bits per heavy atom. The lowest BCUT2D eigenvalue weighted by Crippen LogP contribution is -2.44. The minimum absolute atomic E-state index is 0.0356. The molecule has 0 radical (unpaired) electrons. The number of anilines is 2. The molecule has 2 saturated heterocycles. The molecule has 4 rings (SSSR count). The monoisotopic (exact) mass is 507 g/mol. The molecule has 0 spiro atoms. The summed E-state index contributed by atoms with van der Waals surface area (Å²) in [6.45, 7) is 13.9. The van der Waals surface area contributed by atoms with E-state index in [4.69, 9.17) is 18.8 Å². The van der Waals surface area contributed by atoms with Crippen LogP contribution in [0.5, 0.6) is 0 Å². The van der Waals surface area contributed by atoms with Gasteiger partial charge in [-0.25, -0.2) is 9.24 Å². The molecule has 1 aromatic carbocycles. The highest BCUT2D eigenvalue weighted by molar-refractivity contribution is 7.81. The van der Waals surface area contributed by atoms with Crippen LogP contribution < -0.4 is 9.80 Å². The zero-order chi connectivity index (χ0) is 26.0. The minimum atomic E-state index is -1.06. The minimum Gasteiger partial charge on any atom is -0.343 e. The number of aryl methyl sites for hydroxylation is 1. The van der Waals surface area contributed by atoms with Crippen molar-refractivity contribution in [2.45, 2.75) is 64.8 Å². The molecule has 0 N–H and O–H groups in total. The lowest BCUT2D eigenvalue weighted by Gasteiger charge is -2.29. The number of rotatable bonds is 6. The number of hydrogen-bond acceptors (Lipinski definition) is 4. The van der Waals surface area contributed by atoms with Gasteiger partial charge in [-0.2, -0.15) is 0 Å². The van der Waals surface area contributed by atoms with Crippen LogP contribution in [0.1, 0.15) is 57.2 Å². The number of carbonyl (C=O) groups is 2. The normalized spacial score (nSPS) is 17.5. The van der Waals surface area contributed by atoms with Crippen LogP contribution >= 0.6 is 12.2 Å². The number of halogens is 1. The quantitative estimate of drug-likeness (QED) is 0.391. The zero-order valence-corrected chi connectivity index (χ0v) is 21.7. The van der Waals surface area contributed by atoms with Gasteiger partial charge in [-0.3, -0.25) is 19.5 Å². The zero-order valence-electron chi connectivity index (χ0n) is 20.9. The van der Waals surface area contributed by atoms with Crippen molar-refractivity contribution in [2.75, 3.05) is 22.9 Å². The lowest BCUT2D eigenvalue weighted by atomic mass is 10.0. The van der Waals surface area contributed by atoms with Gasteiger partial charge in [0.25, 0.3) is 5.91 Å². The van der Waals surface area contributed by atoms with Gasteiger partial charge in [0.2, 0.25) is 5.91 Å². The summed E-state index contributed by atoms with van der Waals surface area (Å²) in [7, 11) is 0. The largest absolute Gasteiger partial charge is 0.343 e. The summed E-state index contributed by atoms with van der Waals surface area (Å²) in [5, 5.41) is 0.153. The highest BCUT2D eigenvalue weighted by Crippen LogP contribution is 2.39. The number of pyridine rings is 1. The van der Waals surface area contributed by atoms with Crippen LogP contribution in [0.25, 0.3) is 4.85 Å². The third kappa shape index (κ3) is 4.70. The first kappa shape index (κ1) is 25.7. The highest BCUT2D eigenvalue weighted by Gasteiger charge is 2.51. The Kier molecular flexibility index (Phi) is 7.36.